The van der Waals surface area contributed by atoms with E-state index in [-0.39, 0.29) is 39.3 Å². The first-order chi connectivity index (χ1) is 18.7. The minimum absolute atomic E-state index is 0.0371. The average Bonchev–Trinajstić information content (AvgIpc) is 2.92. The fourth-order valence-corrected chi connectivity index (χ4v) is 6.13. The van der Waals surface area contributed by atoms with Crippen LogP contribution in [0, 0.1) is 5.92 Å². The van der Waals surface area contributed by atoms with Crippen molar-refractivity contribution in [1.29, 1.82) is 0 Å². The Morgan fingerprint density at radius 2 is 1.87 bits per heavy atom. The molecule has 39 heavy (non-hydrogen) atoms. The lowest BCUT2D eigenvalue weighted by molar-refractivity contribution is -0.122. The summed E-state index contributed by atoms with van der Waals surface area (Å²) in [5.74, 6) is 0.849. The van der Waals surface area contributed by atoms with E-state index in [1.807, 2.05) is 32.0 Å². The molecule has 0 radical (unpaired) electrons. The van der Waals surface area contributed by atoms with E-state index in [0.717, 1.165) is 31.6 Å². The molecule has 1 aliphatic rings. The number of benzene rings is 2. The number of nitrogens with two attached hydrogens (primary N) is 1. The number of anilines is 5. The molecule has 12 heteroatoms. The van der Waals surface area contributed by atoms with Crippen molar-refractivity contribution in [2.45, 2.75) is 38.0 Å². The Hall–Kier alpha value is -3.57. The van der Waals surface area contributed by atoms with E-state index in [0.29, 0.717) is 30.2 Å². The number of nitrogens with zero attached hydrogens (tertiary/aromatic N) is 3. The highest BCUT2D eigenvalue weighted by atomic mass is 35.5. The number of carbonyl (C=O) groups excluding carboxylic acids is 1. The molecule has 208 valence electrons. The zero-order valence-corrected chi connectivity index (χ0v) is 23.6. The summed E-state index contributed by atoms with van der Waals surface area (Å²) in [6, 6.07) is 12.5. The third-order valence-electron chi connectivity index (χ3n) is 6.47. The van der Waals surface area contributed by atoms with Crippen molar-refractivity contribution in [3.05, 3.63) is 53.7 Å². The molecule has 1 aromatic heterocycles. The van der Waals surface area contributed by atoms with Crippen molar-refractivity contribution < 1.29 is 17.9 Å². The van der Waals surface area contributed by atoms with E-state index in [2.05, 4.69) is 25.5 Å². The second kappa shape index (κ2) is 12.5. The van der Waals surface area contributed by atoms with E-state index in [1.54, 1.807) is 24.3 Å². The summed E-state index contributed by atoms with van der Waals surface area (Å²) in [4.78, 5) is 22.7. The maximum absolute atomic E-state index is 12.8. The smallest absolute Gasteiger partial charge is 0.229 e. The highest BCUT2D eigenvalue weighted by molar-refractivity contribution is 7.91. The Labute approximate surface area is 233 Å². The van der Waals surface area contributed by atoms with Crippen molar-refractivity contribution >= 4 is 56.2 Å². The maximum Gasteiger partial charge on any atom is 0.229 e. The number of nitrogens with one attached hydrogen (secondary N) is 2. The number of piperidine rings is 1. The SMILES string of the molecule is CCCS(=O)(=O)c1ccccc1Nc1nc(Nc2ccc(N3CCC(C(N)=O)CC3)cc2OCC)ncc1Cl. The highest BCUT2D eigenvalue weighted by Gasteiger charge is 2.24. The zero-order valence-electron chi connectivity index (χ0n) is 22.0. The van der Waals surface area contributed by atoms with Crippen LogP contribution < -0.4 is 26.0 Å². The Morgan fingerprint density at radius 1 is 1.13 bits per heavy atom. The van der Waals surface area contributed by atoms with Gasteiger partial charge in [0, 0.05) is 30.8 Å². The quantitative estimate of drug-likeness (QED) is 0.292. The molecule has 0 unspecified atom stereocenters. The van der Waals surface area contributed by atoms with E-state index >= 15 is 0 Å². The average molecular weight is 573 g/mol. The summed E-state index contributed by atoms with van der Waals surface area (Å²) in [7, 11) is -3.47. The van der Waals surface area contributed by atoms with E-state index in [1.165, 1.54) is 6.20 Å². The lowest BCUT2D eigenvalue weighted by Crippen LogP contribution is -2.38. The predicted octanol–water partition coefficient (Wildman–Crippen LogP) is 4.90. The van der Waals surface area contributed by atoms with Crippen LogP contribution in [0.3, 0.4) is 0 Å². The lowest BCUT2D eigenvalue weighted by atomic mass is 9.96. The Bertz CT molecular complexity index is 1430. The van der Waals surface area contributed by atoms with Crippen molar-refractivity contribution in [2.24, 2.45) is 11.7 Å². The van der Waals surface area contributed by atoms with Crippen molar-refractivity contribution in [2.75, 3.05) is 41.0 Å². The molecular weight excluding hydrogens is 540 g/mol. The van der Waals surface area contributed by atoms with Crippen molar-refractivity contribution in [1.82, 2.24) is 9.97 Å². The topological polar surface area (TPSA) is 140 Å². The van der Waals surface area contributed by atoms with Crippen LogP contribution in [-0.2, 0) is 14.6 Å². The fourth-order valence-electron chi connectivity index (χ4n) is 4.49. The highest BCUT2D eigenvalue weighted by Crippen LogP contribution is 2.35. The van der Waals surface area contributed by atoms with Crippen LogP contribution in [0.1, 0.15) is 33.1 Å². The van der Waals surface area contributed by atoms with E-state index in [9.17, 15) is 13.2 Å². The van der Waals surface area contributed by atoms with Gasteiger partial charge in [-0.25, -0.2) is 13.4 Å². The summed E-state index contributed by atoms with van der Waals surface area (Å²) in [6.45, 7) is 5.65. The molecule has 0 aliphatic carbocycles. The number of sulfone groups is 1. The maximum atomic E-state index is 12.8. The van der Waals surface area contributed by atoms with Gasteiger partial charge in [0.15, 0.2) is 15.7 Å². The van der Waals surface area contributed by atoms with Crippen molar-refractivity contribution in [3.8, 4) is 5.75 Å². The van der Waals surface area contributed by atoms with Gasteiger partial charge in [0.05, 0.1) is 34.8 Å². The predicted molar refractivity (Wildman–Crippen MR) is 154 cm³/mol. The van der Waals surface area contributed by atoms with Crippen LogP contribution in [0.15, 0.2) is 53.6 Å². The largest absolute Gasteiger partial charge is 0.492 e. The van der Waals surface area contributed by atoms with Gasteiger partial charge in [-0.05, 0) is 50.5 Å². The van der Waals surface area contributed by atoms with Crippen LogP contribution in [0.2, 0.25) is 5.02 Å². The van der Waals surface area contributed by atoms with Crippen LogP contribution in [0.4, 0.5) is 28.8 Å². The number of halogens is 1. The Balaban J connectivity index is 1.56. The molecule has 2 heterocycles. The molecule has 1 amide bonds. The molecule has 10 nitrogen and oxygen atoms in total. The number of primary amides is 1. The second-order valence-electron chi connectivity index (χ2n) is 9.23. The number of ether oxygens (including phenoxy) is 1. The van der Waals surface area contributed by atoms with Gasteiger partial charge in [-0.15, -0.1) is 0 Å². The molecule has 0 saturated carbocycles. The minimum Gasteiger partial charge on any atom is -0.492 e. The van der Waals surface area contributed by atoms with Gasteiger partial charge in [0.1, 0.15) is 10.8 Å². The van der Waals surface area contributed by atoms with Gasteiger partial charge in [-0.1, -0.05) is 30.7 Å². The molecule has 1 fully saturated rings. The second-order valence-corrected chi connectivity index (χ2v) is 11.7. The van der Waals surface area contributed by atoms with Gasteiger partial charge in [-0.2, -0.15) is 4.98 Å². The molecule has 4 rings (SSSR count). The number of hydrogen-bond acceptors (Lipinski definition) is 9. The van der Waals surface area contributed by atoms with Gasteiger partial charge >= 0.3 is 0 Å². The fraction of sp³-hybridized carbons (Fsp3) is 0.370. The van der Waals surface area contributed by atoms with Gasteiger partial charge in [-0.3, -0.25) is 4.79 Å². The van der Waals surface area contributed by atoms with E-state index in [4.69, 9.17) is 22.1 Å². The molecular formula is C27H33ClN6O4S. The molecule has 1 aliphatic heterocycles. The zero-order chi connectivity index (χ0) is 28.0. The lowest BCUT2D eigenvalue weighted by Gasteiger charge is -2.32. The van der Waals surface area contributed by atoms with Crippen LogP contribution in [-0.4, -0.2) is 49.7 Å². The molecule has 2 aromatic carbocycles. The monoisotopic (exact) mass is 572 g/mol. The standard InChI is InChI=1S/C27H33ClN6O4S/c1-3-15-39(36,37)24-8-6-5-7-22(24)31-26-20(28)17-30-27(33-26)32-21-10-9-19(16-23(21)38-4-2)34-13-11-18(12-14-34)25(29)35/h5-10,16-18H,3-4,11-15H2,1-2H3,(H2,29,35)(H2,30,31,32,33). The van der Waals surface area contributed by atoms with Crippen molar-refractivity contribution in [3.63, 3.8) is 0 Å². The summed E-state index contributed by atoms with van der Waals surface area (Å²) >= 11 is 6.37. The van der Waals surface area contributed by atoms with Gasteiger partial charge in [0.25, 0.3) is 0 Å². The number of rotatable bonds is 11. The summed E-state index contributed by atoms with van der Waals surface area (Å²) in [5, 5.41) is 6.48. The first-order valence-electron chi connectivity index (χ1n) is 12.9. The molecule has 0 bridgehead atoms. The Morgan fingerprint density at radius 3 is 2.56 bits per heavy atom. The van der Waals surface area contributed by atoms with Gasteiger partial charge < -0.3 is 26.0 Å². The number of amides is 1. The van der Waals surface area contributed by atoms with Crippen LogP contribution >= 0.6 is 11.6 Å². The van der Waals surface area contributed by atoms with Crippen LogP contribution in [0.5, 0.6) is 5.75 Å². The summed E-state index contributed by atoms with van der Waals surface area (Å²) in [6.07, 6.45) is 3.39. The number of para-hydroxylation sites is 1. The van der Waals surface area contributed by atoms with E-state index < -0.39 is 9.84 Å². The minimum atomic E-state index is -3.47. The molecule has 0 atom stereocenters. The van der Waals surface area contributed by atoms with Gasteiger partial charge in [0.2, 0.25) is 11.9 Å². The third kappa shape index (κ3) is 6.90. The normalized spacial score (nSPS) is 14.2. The first kappa shape index (κ1) is 28.4. The molecule has 4 N–H and O–H groups in total. The number of carbonyl (C=O) groups is 1. The van der Waals surface area contributed by atoms with Crippen LogP contribution in [0.25, 0.3) is 0 Å². The third-order valence-corrected chi connectivity index (χ3v) is 8.71. The molecule has 3 aromatic rings. The number of hydrogen-bond donors (Lipinski definition) is 3. The molecule has 0 spiro atoms. The summed E-state index contributed by atoms with van der Waals surface area (Å²) < 4.78 is 31.4. The Kier molecular flexibility index (Phi) is 9.13. The molecule has 1 saturated heterocycles. The summed E-state index contributed by atoms with van der Waals surface area (Å²) in [5.41, 5.74) is 7.50. The first-order valence-corrected chi connectivity index (χ1v) is 14.9. The number of aromatic nitrogens is 2.